The number of aromatic nitrogens is 3. The van der Waals surface area contributed by atoms with E-state index in [1.807, 2.05) is 31.2 Å². The SMILES string of the molecule is CCNc1nc(Cl)nc(NC2CCOc3ccccc32)n1. The molecule has 0 bridgehead atoms. The molecule has 1 unspecified atom stereocenters. The topological polar surface area (TPSA) is 72.0 Å². The molecule has 110 valence electrons. The highest BCUT2D eigenvalue weighted by molar-refractivity contribution is 6.28. The lowest BCUT2D eigenvalue weighted by Crippen LogP contribution is -2.21. The van der Waals surface area contributed by atoms with Gasteiger partial charge in [-0.1, -0.05) is 18.2 Å². The molecule has 2 aromatic rings. The fourth-order valence-electron chi connectivity index (χ4n) is 2.30. The van der Waals surface area contributed by atoms with Gasteiger partial charge >= 0.3 is 0 Å². The first-order valence-corrected chi connectivity index (χ1v) is 7.27. The van der Waals surface area contributed by atoms with Gasteiger partial charge in [-0.2, -0.15) is 15.0 Å². The fraction of sp³-hybridized carbons (Fsp3) is 0.357. The molecule has 0 spiro atoms. The lowest BCUT2D eigenvalue weighted by molar-refractivity contribution is 0.274. The quantitative estimate of drug-likeness (QED) is 0.905. The van der Waals surface area contributed by atoms with E-state index in [9.17, 15) is 0 Å². The maximum absolute atomic E-state index is 5.94. The average molecular weight is 306 g/mol. The summed E-state index contributed by atoms with van der Waals surface area (Å²) in [5.74, 6) is 1.83. The van der Waals surface area contributed by atoms with Gasteiger partial charge in [-0.15, -0.1) is 0 Å². The number of nitrogens with one attached hydrogen (secondary N) is 2. The number of benzene rings is 1. The molecule has 0 radical (unpaired) electrons. The van der Waals surface area contributed by atoms with Crippen LogP contribution >= 0.6 is 11.6 Å². The zero-order chi connectivity index (χ0) is 14.7. The summed E-state index contributed by atoms with van der Waals surface area (Å²) >= 11 is 5.94. The van der Waals surface area contributed by atoms with Crippen LogP contribution in [0.5, 0.6) is 5.75 Å². The third-order valence-electron chi connectivity index (χ3n) is 3.20. The second-order valence-electron chi connectivity index (χ2n) is 4.65. The molecule has 7 heteroatoms. The summed E-state index contributed by atoms with van der Waals surface area (Å²) in [4.78, 5) is 12.5. The van der Waals surface area contributed by atoms with E-state index < -0.39 is 0 Å². The smallest absolute Gasteiger partial charge is 0.229 e. The first kappa shape index (κ1) is 13.9. The van der Waals surface area contributed by atoms with Gasteiger partial charge in [0.2, 0.25) is 17.2 Å². The van der Waals surface area contributed by atoms with E-state index in [4.69, 9.17) is 16.3 Å². The van der Waals surface area contributed by atoms with Gasteiger partial charge in [0.25, 0.3) is 0 Å². The third-order valence-corrected chi connectivity index (χ3v) is 3.37. The molecule has 1 aromatic carbocycles. The Morgan fingerprint density at radius 3 is 2.90 bits per heavy atom. The van der Waals surface area contributed by atoms with Crippen molar-refractivity contribution in [1.29, 1.82) is 0 Å². The van der Waals surface area contributed by atoms with Crippen LogP contribution in [0.3, 0.4) is 0 Å². The van der Waals surface area contributed by atoms with Crippen LogP contribution in [-0.2, 0) is 0 Å². The molecule has 2 heterocycles. The van der Waals surface area contributed by atoms with Crippen LogP contribution in [-0.4, -0.2) is 28.1 Å². The number of hydrogen-bond acceptors (Lipinski definition) is 6. The molecule has 6 nitrogen and oxygen atoms in total. The molecule has 1 aliphatic heterocycles. The number of halogens is 1. The van der Waals surface area contributed by atoms with Crippen molar-refractivity contribution in [2.45, 2.75) is 19.4 Å². The summed E-state index contributed by atoms with van der Waals surface area (Å²) in [6, 6.07) is 8.06. The van der Waals surface area contributed by atoms with Crippen molar-refractivity contribution in [1.82, 2.24) is 15.0 Å². The Labute approximate surface area is 127 Å². The summed E-state index contributed by atoms with van der Waals surface area (Å²) in [5, 5.41) is 6.51. The first-order chi connectivity index (χ1) is 10.3. The van der Waals surface area contributed by atoms with E-state index in [2.05, 4.69) is 25.6 Å². The predicted molar refractivity (Wildman–Crippen MR) is 81.9 cm³/mol. The molecule has 0 fully saturated rings. The normalized spacial score (nSPS) is 16.8. The zero-order valence-corrected chi connectivity index (χ0v) is 12.4. The van der Waals surface area contributed by atoms with Crippen LogP contribution in [0.15, 0.2) is 24.3 Å². The summed E-state index contributed by atoms with van der Waals surface area (Å²) in [6.07, 6.45) is 0.844. The number of fused-ring (bicyclic) bond motifs is 1. The molecule has 1 atom stereocenters. The zero-order valence-electron chi connectivity index (χ0n) is 11.6. The lowest BCUT2D eigenvalue weighted by atomic mass is 10.0. The number of rotatable bonds is 4. The van der Waals surface area contributed by atoms with E-state index in [0.29, 0.717) is 18.5 Å². The van der Waals surface area contributed by atoms with Crippen LogP contribution in [0, 0.1) is 0 Å². The molecule has 1 aliphatic rings. The van der Waals surface area contributed by atoms with Crippen molar-refractivity contribution in [2.75, 3.05) is 23.8 Å². The van der Waals surface area contributed by atoms with Crippen molar-refractivity contribution in [3.8, 4) is 5.75 Å². The monoisotopic (exact) mass is 305 g/mol. The van der Waals surface area contributed by atoms with Gasteiger partial charge in [0.05, 0.1) is 12.6 Å². The minimum absolute atomic E-state index is 0.0999. The van der Waals surface area contributed by atoms with Crippen LogP contribution in [0.1, 0.15) is 24.9 Å². The fourth-order valence-corrected chi connectivity index (χ4v) is 2.46. The Balaban J connectivity index is 1.84. The van der Waals surface area contributed by atoms with Crippen molar-refractivity contribution in [3.05, 3.63) is 35.1 Å². The van der Waals surface area contributed by atoms with E-state index in [1.54, 1.807) is 0 Å². The maximum atomic E-state index is 5.94. The Hall–Kier alpha value is -2.08. The van der Waals surface area contributed by atoms with Crippen LogP contribution in [0.4, 0.5) is 11.9 Å². The molecular formula is C14H16ClN5O. The number of nitrogens with zero attached hydrogens (tertiary/aromatic N) is 3. The second-order valence-corrected chi connectivity index (χ2v) is 4.99. The highest BCUT2D eigenvalue weighted by atomic mass is 35.5. The van der Waals surface area contributed by atoms with Gasteiger partial charge in [0, 0.05) is 18.5 Å². The molecule has 2 N–H and O–H groups in total. The Morgan fingerprint density at radius 2 is 2.05 bits per heavy atom. The van der Waals surface area contributed by atoms with Gasteiger partial charge in [0.15, 0.2) is 0 Å². The van der Waals surface area contributed by atoms with Crippen molar-refractivity contribution in [2.24, 2.45) is 0 Å². The number of anilines is 2. The van der Waals surface area contributed by atoms with E-state index in [1.165, 1.54) is 0 Å². The van der Waals surface area contributed by atoms with Crippen molar-refractivity contribution >= 4 is 23.5 Å². The first-order valence-electron chi connectivity index (χ1n) is 6.90. The lowest BCUT2D eigenvalue weighted by Gasteiger charge is -2.26. The van der Waals surface area contributed by atoms with Gasteiger partial charge in [-0.3, -0.25) is 0 Å². The predicted octanol–water partition coefficient (Wildman–Crippen LogP) is 2.89. The van der Waals surface area contributed by atoms with Crippen LogP contribution in [0.2, 0.25) is 5.28 Å². The molecule has 1 aromatic heterocycles. The second kappa shape index (κ2) is 6.13. The Morgan fingerprint density at radius 1 is 1.24 bits per heavy atom. The standard InChI is InChI=1S/C14H16ClN5O/c1-2-16-13-18-12(15)19-14(20-13)17-10-7-8-21-11-6-4-3-5-9(10)11/h3-6,10H,2,7-8H2,1H3,(H2,16,17,18,19,20). The minimum atomic E-state index is 0.0999. The van der Waals surface area contributed by atoms with Crippen LogP contribution in [0.25, 0.3) is 0 Å². The number of para-hydroxylation sites is 1. The van der Waals surface area contributed by atoms with E-state index >= 15 is 0 Å². The molecule has 0 aliphatic carbocycles. The highest BCUT2D eigenvalue weighted by Crippen LogP contribution is 2.33. The molecule has 0 saturated carbocycles. The minimum Gasteiger partial charge on any atom is -0.493 e. The molecular weight excluding hydrogens is 290 g/mol. The van der Waals surface area contributed by atoms with Gasteiger partial charge in [0.1, 0.15) is 5.75 Å². The third kappa shape index (κ3) is 3.16. The van der Waals surface area contributed by atoms with Gasteiger partial charge < -0.3 is 15.4 Å². The summed E-state index contributed by atoms with van der Waals surface area (Å²) < 4.78 is 5.65. The largest absolute Gasteiger partial charge is 0.493 e. The number of ether oxygens (including phenoxy) is 1. The summed E-state index contributed by atoms with van der Waals surface area (Å²) in [7, 11) is 0. The van der Waals surface area contributed by atoms with E-state index in [0.717, 1.165) is 24.3 Å². The average Bonchev–Trinajstić information content (AvgIpc) is 2.47. The van der Waals surface area contributed by atoms with Crippen molar-refractivity contribution < 1.29 is 4.74 Å². The maximum Gasteiger partial charge on any atom is 0.229 e. The highest BCUT2D eigenvalue weighted by Gasteiger charge is 2.22. The van der Waals surface area contributed by atoms with Crippen LogP contribution < -0.4 is 15.4 Å². The molecule has 3 rings (SSSR count). The Bertz CT molecular complexity index is 637. The van der Waals surface area contributed by atoms with Crippen molar-refractivity contribution in [3.63, 3.8) is 0 Å². The van der Waals surface area contributed by atoms with Gasteiger partial charge in [-0.25, -0.2) is 0 Å². The molecule has 0 saturated heterocycles. The molecule has 21 heavy (non-hydrogen) atoms. The number of hydrogen-bond donors (Lipinski definition) is 2. The molecule has 0 amide bonds. The van der Waals surface area contributed by atoms with E-state index in [-0.39, 0.29) is 11.3 Å². The summed E-state index contributed by atoms with van der Waals surface area (Å²) in [5.41, 5.74) is 1.10. The summed E-state index contributed by atoms with van der Waals surface area (Å²) in [6.45, 7) is 3.35. The Kier molecular flexibility index (Phi) is 4.06. The van der Waals surface area contributed by atoms with Gasteiger partial charge in [-0.05, 0) is 24.6 Å².